The van der Waals surface area contributed by atoms with Gasteiger partial charge in [-0.2, -0.15) is 0 Å². The van der Waals surface area contributed by atoms with Gasteiger partial charge < -0.3 is 15.8 Å². The summed E-state index contributed by atoms with van der Waals surface area (Å²) in [5, 5.41) is 2.79. The Kier molecular flexibility index (Phi) is 3.18. The molecule has 0 saturated carbocycles. The van der Waals surface area contributed by atoms with Gasteiger partial charge in [-0.3, -0.25) is 4.79 Å². The molecule has 0 spiro atoms. The average Bonchev–Trinajstić information content (AvgIpc) is 2.65. The summed E-state index contributed by atoms with van der Waals surface area (Å²) in [6.45, 7) is 3.89. The molecule has 1 atom stereocenters. The first kappa shape index (κ1) is 12.3. The van der Waals surface area contributed by atoms with Gasteiger partial charge in [-0.15, -0.1) is 0 Å². The minimum atomic E-state index is -0.545. The minimum absolute atomic E-state index is 0.136. The van der Waals surface area contributed by atoms with Gasteiger partial charge in [0.25, 0.3) is 5.91 Å². The Labute approximate surface area is 105 Å². The molecule has 1 aliphatic heterocycles. The number of esters is 1. The Bertz CT molecular complexity index is 514. The highest BCUT2D eigenvalue weighted by Gasteiger charge is 2.33. The number of nitrogens with zero attached hydrogens (tertiary/aromatic N) is 1. The van der Waals surface area contributed by atoms with Crippen LogP contribution in [0.4, 0.5) is 5.82 Å². The van der Waals surface area contributed by atoms with Crippen LogP contribution in [0.1, 0.15) is 52.7 Å². The number of aromatic nitrogens is 1. The number of amides is 1. The maximum atomic E-state index is 11.8. The zero-order valence-corrected chi connectivity index (χ0v) is 10.3. The second-order valence-electron chi connectivity index (χ2n) is 4.01. The number of carbonyl (C=O) groups excluding carboxylic acids is 2. The number of anilines is 1. The van der Waals surface area contributed by atoms with Gasteiger partial charge in [-0.1, -0.05) is 6.92 Å². The van der Waals surface area contributed by atoms with Crippen molar-refractivity contribution in [2.24, 2.45) is 0 Å². The zero-order valence-electron chi connectivity index (χ0n) is 10.3. The Balaban J connectivity index is 2.57. The summed E-state index contributed by atoms with van der Waals surface area (Å²) >= 11 is 0. The van der Waals surface area contributed by atoms with Crippen LogP contribution in [0, 0.1) is 0 Å². The number of hydrogen-bond donors (Lipinski definition) is 2. The van der Waals surface area contributed by atoms with Crippen LogP contribution >= 0.6 is 0 Å². The summed E-state index contributed by atoms with van der Waals surface area (Å²) < 4.78 is 4.94. The quantitative estimate of drug-likeness (QED) is 0.780. The highest BCUT2D eigenvalue weighted by atomic mass is 16.5. The fourth-order valence-corrected chi connectivity index (χ4v) is 2.08. The number of nitrogens with one attached hydrogen (secondary N) is 1. The Hall–Kier alpha value is -2.11. The van der Waals surface area contributed by atoms with Gasteiger partial charge in [0.15, 0.2) is 5.69 Å². The number of pyridine rings is 1. The molecule has 0 aliphatic carbocycles. The molecule has 2 rings (SSSR count). The first-order chi connectivity index (χ1) is 8.58. The number of hydrogen-bond acceptors (Lipinski definition) is 5. The molecule has 0 saturated heterocycles. The SMILES string of the molecule is CCOC(=O)c1nc(N)cc2c1C(CC)NC2=O. The summed E-state index contributed by atoms with van der Waals surface area (Å²) in [5.41, 5.74) is 6.76. The normalized spacial score (nSPS) is 17.2. The van der Waals surface area contributed by atoms with Crippen LogP contribution < -0.4 is 11.1 Å². The summed E-state index contributed by atoms with van der Waals surface area (Å²) in [6, 6.07) is 1.28. The molecule has 18 heavy (non-hydrogen) atoms. The Morgan fingerprint density at radius 1 is 1.56 bits per heavy atom. The molecule has 1 aromatic heterocycles. The number of carbonyl (C=O) groups is 2. The van der Waals surface area contributed by atoms with Crippen molar-refractivity contribution in [3.8, 4) is 0 Å². The molecule has 0 bridgehead atoms. The van der Waals surface area contributed by atoms with Crippen LogP contribution in [-0.2, 0) is 4.74 Å². The third-order valence-corrected chi connectivity index (χ3v) is 2.85. The number of ether oxygens (including phenoxy) is 1. The summed E-state index contributed by atoms with van der Waals surface area (Å²) in [4.78, 5) is 27.6. The summed E-state index contributed by atoms with van der Waals surface area (Å²) in [7, 11) is 0. The molecule has 0 aromatic carbocycles. The molecule has 1 amide bonds. The monoisotopic (exact) mass is 249 g/mol. The van der Waals surface area contributed by atoms with Crippen molar-refractivity contribution in [1.82, 2.24) is 10.3 Å². The number of rotatable bonds is 3. The van der Waals surface area contributed by atoms with Crippen molar-refractivity contribution in [3.05, 3.63) is 22.9 Å². The predicted octanol–water partition coefficient (Wildman–Crippen LogP) is 1.04. The first-order valence-corrected chi connectivity index (χ1v) is 5.86. The van der Waals surface area contributed by atoms with E-state index in [2.05, 4.69) is 10.3 Å². The van der Waals surface area contributed by atoms with Crippen molar-refractivity contribution >= 4 is 17.7 Å². The third-order valence-electron chi connectivity index (χ3n) is 2.85. The molecule has 6 heteroatoms. The molecular formula is C12H15N3O3. The van der Waals surface area contributed by atoms with Crippen LogP contribution in [0.5, 0.6) is 0 Å². The van der Waals surface area contributed by atoms with E-state index < -0.39 is 5.97 Å². The Morgan fingerprint density at radius 3 is 2.89 bits per heavy atom. The van der Waals surface area contributed by atoms with E-state index in [9.17, 15) is 9.59 Å². The highest BCUT2D eigenvalue weighted by Crippen LogP contribution is 2.31. The van der Waals surface area contributed by atoms with E-state index >= 15 is 0 Å². The minimum Gasteiger partial charge on any atom is -0.461 e. The van der Waals surface area contributed by atoms with Crippen molar-refractivity contribution in [1.29, 1.82) is 0 Å². The van der Waals surface area contributed by atoms with Crippen LogP contribution in [0.25, 0.3) is 0 Å². The second kappa shape index (κ2) is 4.64. The lowest BCUT2D eigenvalue weighted by Gasteiger charge is -2.12. The second-order valence-corrected chi connectivity index (χ2v) is 4.01. The lowest BCUT2D eigenvalue weighted by Crippen LogP contribution is -2.19. The standard InChI is InChI=1S/C12H15N3O3/c1-3-7-9-6(11(16)14-7)5-8(13)15-10(9)12(17)18-4-2/h5,7H,3-4H2,1-2H3,(H2,13,15)(H,14,16). The first-order valence-electron chi connectivity index (χ1n) is 5.86. The molecular weight excluding hydrogens is 234 g/mol. The van der Waals surface area contributed by atoms with Crippen molar-refractivity contribution in [2.75, 3.05) is 12.3 Å². The predicted molar refractivity (Wildman–Crippen MR) is 65.1 cm³/mol. The van der Waals surface area contributed by atoms with Gasteiger partial charge >= 0.3 is 5.97 Å². The molecule has 96 valence electrons. The molecule has 0 radical (unpaired) electrons. The van der Waals surface area contributed by atoms with E-state index in [4.69, 9.17) is 10.5 Å². The van der Waals surface area contributed by atoms with E-state index in [1.165, 1.54) is 6.07 Å². The van der Waals surface area contributed by atoms with Crippen molar-refractivity contribution in [3.63, 3.8) is 0 Å². The molecule has 6 nitrogen and oxygen atoms in total. The lowest BCUT2D eigenvalue weighted by atomic mass is 10.0. The van der Waals surface area contributed by atoms with Gasteiger partial charge in [-0.05, 0) is 19.4 Å². The maximum Gasteiger partial charge on any atom is 0.357 e. The largest absolute Gasteiger partial charge is 0.461 e. The molecule has 1 aromatic rings. The Morgan fingerprint density at radius 2 is 2.28 bits per heavy atom. The van der Waals surface area contributed by atoms with Crippen molar-refractivity contribution in [2.45, 2.75) is 26.3 Å². The topological polar surface area (TPSA) is 94.3 Å². The summed E-state index contributed by atoms with van der Waals surface area (Å²) in [6.07, 6.45) is 0.677. The molecule has 1 unspecified atom stereocenters. The fraction of sp³-hybridized carbons (Fsp3) is 0.417. The van der Waals surface area contributed by atoms with Gasteiger partial charge in [-0.25, -0.2) is 9.78 Å². The van der Waals surface area contributed by atoms with Gasteiger partial charge in [0, 0.05) is 5.56 Å². The summed E-state index contributed by atoms with van der Waals surface area (Å²) in [5.74, 6) is -0.629. The zero-order chi connectivity index (χ0) is 13.3. The van der Waals surface area contributed by atoms with Crippen LogP contribution in [0.2, 0.25) is 0 Å². The number of nitrogens with two attached hydrogens (primary N) is 1. The van der Waals surface area contributed by atoms with E-state index in [1.54, 1.807) is 6.92 Å². The van der Waals surface area contributed by atoms with E-state index in [0.29, 0.717) is 17.5 Å². The van der Waals surface area contributed by atoms with Gasteiger partial charge in [0.1, 0.15) is 5.82 Å². The fourth-order valence-electron chi connectivity index (χ4n) is 2.08. The van der Waals surface area contributed by atoms with Crippen LogP contribution in [0.15, 0.2) is 6.07 Å². The van der Waals surface area contributed by atoms with E-state index in [1.807, 2.05) is 6.92 Å². The molecule has 2 heterocycles. The van der Waals surface area contributed by atoms with Crippen molar-refractivity contribution < 1.29 is 14.3 Å². The number of fused-ring (bicyclic) bond motifs is 1. The smallest absolute Gasteiger partial charge is 0.357 e. The molecule has 1 aliphatic rings. The lowest BCUT2D eigenvalue weighted by molar-refractivity contribution is 0.0517. The van der Waals surface area contributed by atoms with Crippen LogP contribution in [0.3, 0.4) is 0 Å². The van der Waals surface area contributed by atoms with Gasteiger partial charge in [0.05, 0.1) is 18.2 Å². The molecule has 3 N–H and O–H groups in total. The number of nitrogen functional groups attached to an aromatic ring is 1. The van der Waals surface area contributed by atoms with Gasteiger partial charge in [0.2, 0.25) is 0 Å². The van der Waals surface area contributed by atoms with E-state index in [-0.39, 0.29) is 30.1 Å². The average molecular weight is 249 g/mol. The highest BCUT2D eigenvalue weighted by molar-refractivity contribution is 6.03. The van der Waals surface area contributed by atoms with Crippen LogP contribution in [-0.4, -0.2) is 23.5 Å². The third kappa shape index (κ3) is 1.90. The van der Waals surface area contributed by atoms with E-state index in [0.717, 1.165) is 0 Å². The maximum absolute atomic E-state index is 11.8. The molecule has 0 fully saturated rings.